The minimum atomic E-state index is 0.989. The standard InChI is InChI=1S/C6H11S/c1-2-3-4-5-6-7/h2-5H2,1H3/q+1. The average molecular weight is 115 g/mol. The lowest BCUT2D eigenvalue weighted by Crippen LogP contribution is -1.72. The van der Waals surface area contributed by atoms with Crippen LogP contribution >= 0.6 is 12.2 Å². The van der Waals surface area contributed by atoms with E-state index in [2.05, 4.69) is 24.5 Å². The highest BCUT2D eigenvalue weighted by atomic mass is 32.1. The highest BCUT2D eigenvalue weighted by Gasteiger charge is 1.89. The molecule has 0 radical (unpaired) electrons. The first kappa shape index (κ1) is 7.00. The Kier molecular flexibility index (Phi) is 6.00. The fourth-order valence-corrected chi connectivity index (χ4v) is 0.592. The van der Waals surface area contributed by atoms with Gasteiger partial charge in [-0.1, -0.05) is 13.3 Å². The molecule has 0 saturated carbocycles. The normalized spacial score (nSPS) is 8.14. The summed E-state index contributed by atoms with van der Waals surface area (Å²) in [5.41, 5.74) is 0. The second-order valence-electron chi connectivity index (χ2n) is 1.60. The fraction of sp³-hybridized carbons (Fsp3) is 0.833. The lowest BCUT2D eigenvalue weighted by atomic mass is 10.2. The molecular weight excluding hydrogens is 104 g/mol. The van der Waals surface area contributed by atoms with Crippen molar-refractivity contribution in [2.45, 2.75) is 32.6 Å². The SMILES string of the molecule is CCCCC[C+]=S. The molecule has 0 aliphatic heterocycles. The molecule has 0 N–H and O–H groups in total. The summed E-state index contributed by atoms with van der Waals surface area (Å²) < 4.78 is 0. The molecule has 0 heterocycles. The zero-order chi connectivity index (χ0) is 5.54. The van der Waals surface area contributed by atoms with E-state index >= 15 is 0 Å². The van der Waals surface area contributed by atoms with E-state index in [1.807, 2.05) is 0 Å². The lowest BCUT2D eigenvalue weighted by molar-refractivity contribution is 0.748. The molecule has 0 amide bonds. The number of unbranched alkanes of at least 4 members (excludes halogenated alkanes) is 3. The topological polar surface area (TPSA) is 0 Å². The molecule has 0 bridgehead atoms. The number of thiocarbonyl (C=S) groups is 1. The molecule has 0 fully saturated rings. The van der Waals surface area contributed by atoms with E-state index in [0.717, 1.165) is 6.42 Å². The second kappa shape index (κ2) is 6.00. The Morgan fingerprint density at radius 3 is 2.57 bits per heavy atom. The van der Waals surface area contributed by atoms with Crippen molar-refractivity contribution in [1.29, 1.82) is 0 Å². The van der Waals surface area contributed by atoms with E-state index in [-0.39, 0.29) is 0 Å². The summed E-state index contributed by atoms with van der Waals surface area (Å²) in [6, 6.07) is 0. The Morgan fingerprint density at radius 1 is 1.43 bits per heavy atom. The summed E-state index contributed by atoms with van der Waals surface area (Å²) in [7, 11) is 0. The van der Waals surface area contributed by atoms with Crippen LogP contribution in [-0.2, 0) is 0 Å². The maximum absolute atomic E-state index is 4.52. The van der Waals surface area contributed by atoms with Crippen molar-refractivity contribution in [1.82, 2.24) is 0 Å². The van der Waals surface area contributed by atoms with Crippen molar-refractivity contribution in [3.8, 4) is 0 Å². The van der Waals surface area contributed by atoms with E-state index in [1.165, 1.54) is 19.3 Å². The first-order chi connectivity index (χ1) is 3.41. The Bertz CT molecular complexity index is 41.4. The molecule has 0 atom stereocenters. The van der Waals surface area contributed by atoms with Gasteiger partial charge in [-0.15, -0.1) is 0 Å². The van der Waals surface area contributed by atoms with Crippen molar-refractivity contribution >= 4 is 17.6 Å². The van der Waals surface area contributed by atoms with Gasteiger partial charge in [0.25, 0.3) is 0 Å². The van der Waals surface area contributed by atoms with Crippen molar-refractivity contribution in [3.63, 3.8) is 0 Å². The largest absolute Gasteiger partial charge is 0.317 e. The number of hydrogen-bond donors (Lipinski definition) is 0. The minimum absolute atomic E-state index is 0.989. The number of hydrogen-bond acceptors (Lipinski definition) is 1. The minimum Gasteiger partial charge on any atom is -0.0654 e. The van der Waals surface area contributed by atoms with Crippen LogP contribution in [0.3, 0.4) is 0 Å². The van der Waals surface area contributed by atoms with Crippen LogP contribution in [0.1, 0.15) is 32.6 Å². The molecule has 40 valence electrons. The maximum Gasteiger partial charge on any atom is 0.317 e. The second-order valence-corrected chi connectivity index (χ2v) is 1.89. The zero-order valence-corrected chi connectivity index (χ0v) is 5.55. The van der Waals surface area contributed by atoms with Crippen LogP contribution in [0.2, 0.25) is 0 Å². The van der Waals surface area contributed by atoms with Gasteiger partial charge in [-0.25, -0.2) is 0 Å². The molecule has 0 nitrogen and oxygen atoms in total. The monoisotopic (exact) mass is 115 g/mol. The average Bonchev–Trinajstić information content (AvgIpc) is 1.69. The summed E-state index contributed by atoms with van der Waals surface area (Å²) in [5, 5.41) is 2.69. The molecule has 7 heavy (non-hydrogen) atoms. The first-order valence-electron chi connectivity index (χ1n) is 2.76. The van der Waals surface area contributed by atoms with Crippen LogP contribution in [0.5, 0.6) is 0 Å². The van der Waals surface area contributed by atoms with Crippen LogP contribution in [0.4, 0.5) is 0 Å². The molecule has 0 aromatic rings. The van der Waals surface area contributed by atoms with Crippen molar-refractivity contribution in [2.24, 2.45) is 0 Å². The van der Waals surface area contributed by atoms with Crippen LogP contribution in [0.25, 0.3) is 0 Å². The Labute approximate surface area is 50.9 Å². The Balaban J connectivity index is 2.56. The highest BCUT2D eigenvalue weighted by molar-refractivity contribution is 7.78. The quantitative estimate of drug-likeness (QED) is 0.308. The summed E-state index contributed by atoms with van der Waals surface area (Å²) in [4.78, 5) is 0. The zero-order valence-electron chi connectivity index (χ0n) is 4.74. The maximum atomic E-state index is 4.52. The van der Waals surface area contributed by atoms with Crippen molar-refractivity contribution < 1.29 is 0 Å². The molecule has 0 aliphatic rings. The van der Waals surface area contributed by atoms with Crippen LogP contribution < -0.4 is 0 Å². The van der Waals surface area contributed by atoms with Gasteiger partial charge in [0, 0.05) is 0 Å². The van der Waals surface area contributed by atoms with Gasteiger partial charge in [-0.2, -0.15) is 0 Å². The van der Waals surface area contributed by atoms with Crippen LogP contribution in [0.15, 0.2) is 0 Å². The van der Waals surface area contributed by atoms with Gasteiger partial charge in [0.1, 0.15) is 0 Å². The third-order valence-corrected chi connectivity index (χ3v) is 1.09. The van der Waals surface area contributed by atoms with Crippen molar-refractivity contribution in [2.75, 3.05) is 0 Å². The van der Waals surface area contributed by atoms with E-state index in [9.17, 15) is 0 Å². The molecule has 0 aromatic carbocycles. The van der Waals surface area contributed by atoms with Gasteiger partial charge in [0.2, 0.25) is 12.2 Å². The third-order valence-electron chi connectivity index (χ3n) is 0.882. The molecule has 0 rings (SSSR count). The van der Waals surface area contributed by atoms with Gasteiger partial charge < -0.3 is 0 Å². The highest BCUT2D eigenvalue weighted by Crippen LogP contribution is 1.95. The molecule has 1 heteroatoms. The summed E-state index contributed by atoms with van der Waals surface area (Å²) in [6.07, 6.45) is 4.78. The molecule has 0 spiro atoms. The van der Waals surface area contributed by atoms with E-state index in [4.69, 9.17) is 0 Å². The Morgan fingerprint density at radius 2 is 2.14 bits per heavy atom. The summed E-state index contributed by atoms with van der Waals surface area (Å²) in [5.74, 6) is 0. The molecule has 0 unspecified atom stereocenters. The van der Waals surface area contributed by atoms with Crippen LogP contribution in [0, 0.1) is 0 Å². The van der Waals surface area contributed by atoms with Gasteiger partial charge >= 0.3 is 5.37 Å². The summed E-state index contributed by atoms with van der Waals surface area (Å²) >= 11 is 4.52. The van der Waals surface area contributed by atoms with Gasteiger partial charge in [-0.3, -0.25) is 0 Å². The van der Waals surface area contributed by atoms with Gasteiger partial charge in [0.05, 0.1) is 0 Å². The summed E-state index contributed by atoms with van der Waals surface area (Å²) in [6.45, 7) is 2.18. The molecular formula is C6H11S+. The third kappa shape index (κ3) is 6.00. The van der Waals surface area contributed by atoms with E-state index in [0.29, 0.717) is 0 Å². The predicted molar refractivity (Wildman–Crippen MR) is 36.7 cm³/mol. The van der Waals surface area contributed by atoms with Gasteiger partial charge in [-0.05, 0) is 12.8 Å². The smallest absolute Gasteiger partial charge is 0.0654 e. The fourth-order valence-electron chi connectivity index (χ4n) is 0.447. The van der Waals surface area contributed by atoms with Crippen molar-refractivity contribution in [3.05, 3.63) is 0 Å². The molecule has 0 aliphatic carbocycles. The van der Waals surface area contributed by atoms with E-state index in [1.54, 1.807) is 0 Å². The Hall–Kier alpha value is 0. The lowest BCUT2D eigenvalue weighted by Gasteiger charge is -1.80. The van der Waals surface area contributed by atoms with E-state index < -0.39 is 0 Å². The van der Waals surface area contributed by atoms with Gasteiger partial charge in [0.15, 0.2) is 6.42 Å². The predicted octanol–water partition coefficient (Wildman–Crippen LogP) is 2.44. The molecule has 0 saturated heterocycles. The van der Waals surface area contributed by atoms with Crippen LogP contribution in [-0.4, -0.2) is 5.37 Å². The molecule has 0 aromatic heterocycles. The number of rotatable bonds is 4. The first-order valence-corrected chi connectivity index (χ1v) is 3.17.